The molecule has 2 nitrogen and oxygen atoms in total. The standard InChI is InChI=1S/C13H17BrN2S/c1-4-11-7-17-13(15-11)16-12-8(2)5-10(14)6-9(12)3/h5-6,11H,4,7H2,1-3H3,(H,15,16). The third-order valence-electron chi connectivity index (χ3n) is 2.91. The molecule has 1 heterocycles. The lowest BCUT2D eigenvalue weighted by atomic mass is 10.1. The van der Waals surface area contributed by atoms with Gasteiger partial charge in [-0.25, -0.2) is 0 Å². The first-order chi connectivity index (χ1) is 8.10. The number of amidine groups is 1. The molecule has 0 aliphatic carbocycles. The van der Waals surface area contributed by atoms with Gasteiger partial charge in [0, 0.05) is 15.9 Å². The van der Waals surface area contributed by atoms with Crippen molar-refractivity contribution in [3.05, 3.63) is 27.7 Å². The summed E-state index contributed by atoms with van der Waals surface area (Å²) < 4.78 is 1.13. The summed E-state index contributed by atoms with van der Waals surface area (Å²) in [6.45, 7) is 6.43. The molecule has 0 fully saturated rings. The highest BCUT2D eigenvalue weighted by Crippen LogP contribution is 2.28. The molecule has 1 aliphatic rings. The molecule has 1 N–H and O–H groups in total. The molecule has 0 amide bonds. The van der Waals surface area contributed by atoms with Gasteiger partial charge in [0.05, 0.1) is 6.04 Å². The SMILES string of the molecule is CCC1CSC(Nc2c(C)cc(Br)cc2C)=N1. The fraction of sp³-hybridized carbons (Fsp3) is 0.462. The van der Waals surface area contributed by atoms with Gasteiger partial charge >= 0.3 is 0 Å². The Hall–Kier alpha value is -0.480. The maximum absolute atomic E-state index is 4.66. The second-order valence-corrected chi connectivity index (χ2v) is 6.27. The van der Waals surface area contributed by atoms with Crippen molar-refractivity contribution in [3.63, 3.8) is 0 Å². The first-order valence-corrected chi connectivity index (χ1v) is 7.62. The van der Waals surface area contributed by atoms with Crippen molar-refractivity contribution in [1.29, 1.82) is 0 Å². The van der Waals surface area contributed by atoms with E-state index in [1.807, 2.05) is 11.8 Å². The first kappa shape index (κ1) is 13.0. The highest BCUT2D eigenvalue weighted by molar-refractivity contribution is 9.10. The van der Waals surface area contributed by atoms with E-state index in [1.165, 1.54) is 16.8 Å². The molecule has 1 aliphatic heterocycles. The second-order valence-electron chi connectivity index (χ2n) is 4.35. The van der Waals surface area contributed by atoms with Crippen LogP contribution in [0.5, 0.6) is 0 Å². The molecule has 0 saturated carbocycles. The number of aliphatic imine (C=N–C) groups is 1. The average Bonchev–Trinajstić information content (AvgIpc) is 2.71. The van der Waals surface area contributed by atoms with Crippen LogP contribution in [0.1, 0.15) is 24.5 Å². The Morgan fingerprint density at radius 1 is 1.41 bits per heavy atom. The quantitative estimate of drug-likeness (QED) is 0.877. The third kappa shape index (κ3) is 3.05. The highest BCUT2D eigenvalue weighted by atomic mass is 79.9. The number of halogens is 1. The zero-order valence-electron chi connectivity index (χ0n) is 10.4. The fourth-order valence-electron chi connectivity index (χ4n) is 1.91. The summed E-state index contributed by atoms with van der Waals surface area (Å²) in [5, 5.41) is 4.52. The zero-order chi connectivity index (χ0) is 12.4. The molecule has 0 spiro atoms. The number of thioether (sulfide) groups is 1. The summed E-state index contributed by atoms with van der Waals surface area (Å²) in [6, 6.07) is 4.75. The van der Waals surface area contributed by atoms with Gasteiger partial charge in [0.1, 0.15) is 0 Å². The van der Waals surface area contributed by atoms with Gasteiger partial charge < -0.3 is 5.32 Å². The van der Waals surface area contributed by atoms with Crippen molar-refractivity contribution < 1.29 is 0 Å². The largest absolute Gasteiger partial charge is 0.335 e. The van der Waals surface area contributed by atoms with Crippen LogP contribution in [0.4, 0.5) is 5.69 Å². The van der Waals surface area contributed by atoms with E-state index in [2.05, 4.69) is 59.1 Å². The maximum Gasteiger partial charge on any atom is 0.161 e. The lowest BCUT2D eigenvalue weighted by molar-refractivity contribution is 0.738. The van der Waals surface area contributed by atoms with E-state index in [0.717, 1.165) is 21.8 Å². The minimum Gasteiger partial charge on any atom is -0.335 e. The first-order valence-electron chi connectivity index (χ1n) is 5.84. The van der Waals surface area contributed by atoms with E-state index in [-0.39, 0.29) is 0 Å². The summed E-state index contributed by atoms with van der Waals surface area (Å²) >= 11 is 5.34. The summed E-state index contributed by atoms with van der Waals surface area (Å²) in [5.41, 5.74) is 3.69. The van der Waals surface area contributed by atoms with Crippen LogP contribution >= 0.6 is 27.7 Å². The molecule has 1 unspecified atom stereocenters. The Bertz CT molecular complexity index is 434. The Kier molecular flexibility index (Phi) is 4.15. The Morgan fingerprint density at radius 3 is 2.59 bits per heavy atom. The van der Waals surface area contributed by atoms with Crippen LogP contribution in [0, 0.1) is 13.8 Å². The van der Waals surface area contributed by atoms with Gasteiger partial charge in [-0.05, 0) is 43.5 Å². The van der Waals surface area contributed by atoms with Crippen LogP contribution in [0.25, 0.3) is 0 Å². The molecular formula is C13H17BrN2S. The van der Waals surface area contributed by atoms with Crippen LogP contribution in [-0.4, -0.2) is 17.0 Å². The van der Waals surface area contributed by atoms with Gasteiger partial charge in [0.15, 0.2) is 5.17 Å². The molecule has 92 valence electrons. The predicted octanol–water partition coefficient (Wildman–Crippen LogP) is 4.36. The smallest absolute Gasteiger partial charge is 0.161 e. The molecule has 0 bridgehead atoms. The van der Waals surface area contributed by atoms with E-state index in [4.69, 9.17) is 0 Å². The molecule has 4 heteroatoms. The number of hydrogen-bond donors (Lipinski definition) is 1. The highest BCUT2D eigenvalue weighted by Gasteiger charge is 2.17. The van der Waals surface area contributed by atoms with Crippen LogP contribution in [0.3, 0.4) is 0 Å². The molecule has 0 aromatic heterocycles. The monoisotopic (exact) mass is 312 g/mol. The van der Waals surface area contributed by atoms with E-state index in [9.17, 15) is 0 Å². The third-order valence-corrected chi connectivity index (χ3v) is 4.40. The van der Waals surface area contributed by atoms with Gasteiger partial charge in [-0.15, -0.1) is 0 Å². The lowest BCUT2D eigenvalue weighted by Gasteiger charge is -2.12. The molecule has 17 heavy (non-hydrogen) atoms. The van der Waals surface area contributed by atoms with Crippen molar-refractivity contribution >= 4 is 38.5 Å². The maximum atomic E-state index is 4.66. The van der Waals surface area contributed by atoms with Gasteiger partial charge in [-0.2, -0.15) is 0 Å². The lowest BCUT2D eigenvalue weighted by Crippen LogP contribution is -2.08. The van der Waals surface area contributed by atoms with Crippen LogP contribution in [-0.2, 0) is 0 Å². The van der Waals surface area contributed by atoms with E-state index >= 15 is 0 Å². The van der Waals surface area contributed by atoms with Crippen molar-refractivity contribution in [2.45, 2.75) is 33.2 Å². The van der Waals surface area contributed by atoms with Crippen LogP contribution in [0.2, 0.25) is 0 Å². The number of benzene rings is 1. The molecular weight excluding hydrogens is 296 g/mol. The van der Waals surface area contributed by atoms with Gasteiger partial charge in [-0.1, -0.05) is 34.6 Å². The van der Waals surface area contributed by atoms with Gasteiger partial charge in [-0.3, -0.25) is 4.99 Å². The number of nitrogens with zero attached hydrogens (tertiary/aromatic N) is 1. The zero-order valence-corrected chi connectivity index (χ0v) is 12.8. The minimum absolute atomic E-state index is 0.485. The molecule has 0 radical (unpaired) electrons. The normalized spacial score (nSPS) is 19.3. The minimum atomic E-state index is 0.485. The van der Waals surface area contributed by atoms with Crippen molar-refractivity contribution in [1.82, 2.24) is 0 Å². The second kappa shape index (κ2) is 5.44. The topological polar surface area (TPSA) is 24.4 Å². The molecule has 2 rings (SSSR count). The van der Waals surface area contributed by atoms with Gasteiger partial charge in [0.25, 0.3) is 0 Å². The van der Waals surface area contributed by atoms with Crippen molar-refractivity contribution in [2.75, 3.05) is 11.1 Å². The van der Waals surface area contributed by atoms with E-state index in [1.54, 1.807) is 0 Å². The fourth-order valence-corrected chi connectivity index (χ4v) is 3.65. The summed E-state index contributed by atoms with van der Waals surface area (Å²) in [5.74, 6) is 1.10. The van der Waals surface area contributed by atoms with Crippen molar-refractivity contribution in [3.8, 4) is 0 Å². The number of aryl methyl sites for hydroxylation is 2. The predicted molar refractivity (Wildman–Crippen MR) is 81.2 cm³/mol. The molecule has 1 aromatic carbocycles. The molecule has 1 atom stereocenters. The molecule has 0 saturated heterocycles. The number of anilines is 1. The Morgan fingerprint density at radius 2 is 2.06 bits per heavy atom. The number of nitrogens with one attached hydrogen (secondary N) is 1. The Labute approximate surface area is 115 Å². The average molecular weight is 313 g/mol. The number of rotatable bonds is 2. The summed E-state index contributed by atoms with van der Waals surface area (Å²) in [6.07, 6.45) is 1.12. The summed E-state index contributed by atoms with van der Waals surface area (Å²) in [7, 11) is 0. The number of hydrogen-bond acceptors (Lipinski definition) is 3. The van der Waals surface area contributed by atoms with E-state index < -0.39 is 0 Å². The van der Waals surface area contributed by atoms with Crippen LogP contribution < -0.4 is 5.32 Å². The Balaban J connectivity index is 2.20. The van der Waals surface area contributed by atoms with Crippen molar-refractivity contribution in [2.24, 2.45) is 4.99 Å². The van der Waals surface area contributed by atoms with Crippen LogP contribution in [0.15, 0.2) is 21.6 Å². The van der Waals surface area contributed by atoms with Gasteiger partial charge in [0.2, 0.25) is 0 Å². The molecule has 1 aromatic rings. The van der Waals surface area contributed by atoms with E-state index in [0.29, 0.717) is 6.04 Å². The summed E-state index contributed by atoms with van der Waals surface area (Å²) in [4.78, 5) is 4.66.